The Morgan fingerprint density at radius 1 is 0.875 bits per heavy atom. The molecular weight excluding hydrogens is 496 g/mol. The summed E-state index contributed by atoms with van der Waals surface area (Å²) in [6.45, 7) is 22.4. The van der Waals surface area contributed by atoms with Crippen LogP contribution in [0.4, 0.5) is 4.79 Å². The molecule has 0 spiro atoms. The fourth-order valence-corrected chi connectivity index (χ4v) is 12.1. The summed E-state index contributed by atoms with van der Waals surface area (Å²) in [4.78, 5) is 28.5. The fraction of sp³-hybridized carbons (Fsp3) is 0.886. The molecule has 224 valence electrons. The van der Waals surface area contributed by atoms with Crippen molar-refractivity contribution in [2.75, 3.05) is 26.3 Å². The van der Waals surface area contributed by atoms with Crippen LogP contribution in [0.25, 0.3) is 0 Å². The van der Waals surface area contributed by atoms with Gasteiger partial charge in [-0.2, -0.15) is 0 Å². The number of Topliss-reactive ketones (excluding diaryl/α,β-unsaturated/α-hetero) is 1. The number of ketones is 1. The monoisotopic (exact) mass is 552 g/mol. The maximum atomic E-state index is 13.4. The lowest BCUT2D eigenvalue weighted by atomic mass is 9.33. The topological polar surface area (TPSA) is 58.6 Å². The zero-order chi connectivity index (χ0) is 28.9. The van der Waals surface area contributed by atoms with Gasteiger partial charge in [-0.1, -0.05) is 61.0 Å². The molecule has 40 heavy (non-hydrogen) atoms. The third kappa shape index (κ3) is 3.80. The average molecular weight is 553 g/mol. The minimum Gasteiger partial charge on any atom is -0.378 e. The van der Waals surface area contributed by atoms with Gasteiger partial charge in [0.2, 0.25) is 0 Å². The molecule has 2 amide bonds. The molecule has 5 nitrogen and oxygen atoms in total. The number of morpholine rings is 1. The summed E-state index contributed by atoms with van der Waals surface area (Å²) >= 11 is 0. The van der Waals surface area contributed by atoms with Gasteiger partial charge in [-0.05, 0) is 108 Å². The highest BCUT2D eigenvalue weighted by atomic mass is 16.5. The van der Waals surface area contributed by atoms with Gasteiger partial charge in [0.25, 0.3) is 0 Å². The van der Waals surface area contributed by atoms with Gasteiger partial charge in [0.15, 0.2) is 5.78 Å². The van der Waals surface area contributed by atoms with E-state index in [0.717, 1.165) is 12.8 Å². The molecule has 0 aromatic rings. The first-order chi connectivity index (χ1) is 18.7. The zero-order valence-electron chi connectivity index (χ0n) is 26.8. The minimum absolute atomic E-state index is 0.0599. The van der Waals surface area contributed by atoms with Gasteiger partial charge < -0.3 is 15.0 Å². The van der Waals surface area contributed by atoms with E-state index >= 15 is 0 Å². The number of amides is 2. The van der Waals surface area contributed by atoms with Gasteiger partial charge in [-0.15, -0.1) is 0 Å². The van der Waals surface area contributed by atoms with Crippen LogP contribution in [0.3, 0.4) is 0 Å². The lowest BCUT2D eigenvalue weighted by molar-refractivity contribution is -0.215. The number of urea groups is 1. The van der Waals surface area contributed by atoms with Crippen molar-refractivity contribution in [2.45, 2.75) is 119 Å². The molecule has 0 radical (unpaired) electrons. The van der Waals surface area contributed by atoms with E-state index in [1.807, 2.05) is 4.90 Å². The summed E-state index contributed by atoms with van der Waals surface area (Å²) in [6.07, 6.45) is 10.5. The minimum atomic E-state index is 0.0599. The normalized spacial score (nSPS) is 46.4. The van der Waals surface area contributed by atoms with E-state index in [1.54, 1.807) is 5.57 Å². The molecule has 1 aliphatic heterocycles. The van der Waals surface area contributed by atoms with E-state index in [2.05, 4.69) is 60.7 Å². The van der Waals surface area contributed by atoms with Gasteiger partial charge in [0.1, 0.15) is 0 Å². The van der Waals surface area contributed by atoms with Crippen LogP contribution in [0.2, 0.25) is 0 Å². The molecule has 6 rings (SSSR count). The number of fused-ring (bicyclic) bond motifs is 7. The fourth-order valence-electron chi connectivity index (χ4n) is 12.1. The van der Waals surface area contributed by atoms with Crippen molar-refractivity contribution in [3.05, 3.63) is 11.1 Å². The first-order valence-electron chi connectivity index (χ1n) is 16.6. The van der Waals surface area contributed by atoms with Crippen molar-refractivity contribution >= 4 is 11.8 Å². The Morgan fingerprint density at radius 2 is 1.57 bits per heavy atom. The summed E-state index contributed by atoms with van der Waals surface area (Å²) < 4.78 is 5.48. The SMILES string of the molecule is CC(C)C1=C2[C@H]3CC[C@@H]4[C@@]5(C)CCC(NC(=O)N6CCOCC6)C(C)(C)[C@@H]5CC[C@@]4(C)[C@]3(C)CC[C@@]2(C)CC1=O. The van der Waals surface area contributed by atoms with Crippen LogP contribution in [-0.4, -0.2) is 49.1 Å². The van der Waals surface area contributed by atoms with Crippen LogP contribution in [-0.2, 0) is 9.53 Å². The number of hydrogen-bond donors (Lipinski definition) is 1. The van der Waals surface area contributed by atoms with E-state index in [9.17, 15) is 9.59 Å². The van der Waals surface area contributed by atoms with Gasteiger partial charge in [0.05, 0.1) is 13.2 Å². The lowest BCUT2D eigenvalue weighted by Crippen LogP contribution is -2.67. The number of carbonyl (C=O) groups excluding carboxylic acids is 2. The average Bonchev–Trinajstić information content (AvgIpc) is 3.17. The summed E-state index contributed by atoms with van der Waals surface area (Å²) in [6, 6.07) is 0.320. The molecule has 0 bridgehead atoms. The third-order valence-corrected chi connectivity index (χ3v) is 14.4. The number of nitrogens with zero attached hydrogens (tertiary/aromatic N) is 1. The molecule has 1 N–H and O–H groups in total. The van der Waals surface area contributed by atoms with E-state index in [1.165, 1.54) is 50.5 Å². The Kier molecular flexibility index (Phi) is 6.70. The molecule has 1 unspecified atom stereocenters. The summed E-state index contributed by atoms with van der Waals surface area (Å²) in [5, 5.41) is 3.51. The lowest BCUT2D eigenvalue weighted by Gasteiger charge is -2.72. The number of allylic oxidation sites excluding steroid dienone is 2. The highest BCUT2D eigenvalue weighted by Crippen LogP contribution is 2.76. The van der Waals surface area contributed by atoms with Crippen LogP contribution >= 0.6 is 0 Å². The molecular formula is C35H56N2O3. The third-order valence-electron chi connectivity index (χ3n) is 14.4. The molecule has 5 aliphatic carbocycles. The number of ether oxygens (including phenoxy) is 1. The molecule has 1 saturated heterocycles. The molecule has 5 fully saturated rings. The predicted octanol–water partition coefficient (Wildman–Crippen LogP) is 7.40. The Bertz CT molecular complexity index is 1100. The van der Waals surface area contributed by atoms with Crippen molar-refractivity contribution in [1.82, 2.24) is 10.2 Å². The maximum Gasteiger partial charge on any atom is 0.317 e. The summed E-state index contributed by atoms with van der Waals surface area (Å²) in [5.74, 6) is 2.62. The van der Waals surface area contributed by atoms with Gasteiger partial charge >= 0.3 is 6.03 Å². The Balaban J connectivity index is 1.29. The van der Waals surface area contributed by atoms with Crippen LogP contribution in [0.15, 0.2) is 11.1 Å². The quantitative estimate of drug-likeness (QED) is 0.388. The van der Waals surface area contributed by atoms with E-state index in [4.69, 9.17) is 4.74 Å². The molecule has 1 heterocycles. The van der Waals surface area contributed by atoms with Crippen LogP contribution < -0.4 is 5.32 Å². The van der Waals surface area contributed by atoms with Crippen molar-refractivity contribution in [1.29, 1.82) is 0 Å². The molecule has 0 aromatic heterocycles. The van der Waals surface area contributed by atoms with Crippen molar-refractivity contribution < 1.29 is 14.3 Å². The van der Waals surface area contributed by atoms with Crippen molar-refractivity contribution in [3.63, 3.8) is 0 Å². The highest BCUT2D eigenvalue weighted by Gasteiger charge is 2.69. The van der Waals surface area contributed by atoms with Crippen LogP contribution in [0, 0.1) is 50.7 Å². The van der Waals surface area contributed by atoms with E-state index in [0.29, 0.717) is 55.8 Å². The van der Waals surface area contributed by atoms with Crippen molar-refractivity contribution in [2.24, 2.45) is 50.7 Å². The second kappa shape index (κ2) is 9.32. The predicted molar refractivity (Wildman–Crippen MR) is 160 cm³/mol. The zero-order valence-corrected chi connectivity index (χ0v) is 26.8. The summed E-state index contributed by atoms with van der Waals surface area (Å²) in [7, 11) is 0. The Hall–Kier alpha value is -1.36. The van der Waals surface area contributed by atoms with Crippen LogP contribution in [0.1, 0.15) is 113 Å². The Labute approximate surface area is 243 Å². The second-order valence-electron chi connectivity index (χ2n) is 16.7. The van der Waals surface area contributed by atoms with E-state index < -0.39 is 0 Å². The Morgan fingerprint density at radius 3 is 2.25 bits per heavy atom. The van der Waals surface area contributed by atoms with Gasteiger partial charge in [-0.3, -0.25) is 4.79 Å². The molecule has 8 atom stereocenters. The number of nitrogens with one attached hydrogen (secondary N) is 1. The summed E-state index contributed by atoms with van der Waals surface area (Å²) in [5.41, 5.74) is 3.75. The van der Waals surface area contributed by atoms with Gasteiger partial charge in [-0.25, -0.2) is 4.79 Å². The van der Waals surface area contributed by atoms with Gasteiger partial charge in [0, 0.05) is 25.6 Å². The maximum absolute atomic E-state index is 13.4. The molecule has 5 heteroatoms. The first-order valence-corrected chi connectivity index (χ1v) is 16.6. The van der Waals surface area contributed by atoms with Crippen LogP contribution in [0.5, 0.6) is 0 Å². The molecule has 6 aliphatic rings. The second-order valence-corrected chi connectivity index (χ2v) is 16.7. The first kappa shape index (κ1) is 28.7. The highest BCUT2D eigenvalue weighted by molar-refractivity contribution is 6.00. The number of hydrogen-bond acceptors (Lipinski definition) is 3. The number of carbonyl (C=O) groups is 2. The largest absolute Gasteiger partial charge is 0.378 e. The standard InChI is InChI=1S/C35H56N2O3/c1-22(2)28-24(38)21-32(5)15-16-34(7)23(29(28)32)9-10-26-33(6)13-12-27(36-30(39)37-17-19-40-20-18-37)31(3,4)25(33)11-14-35(26,34)8/h22-23,25-27H,9-21H2,1-8H3,(H,36,39)/t23-,25+,26-,27?,32+,33+,34-,35-/m1/s1. The smallest absolute Gasteiger partial charge is 0.317 e. The number of rotatable bonds is 2. The molecule has 0 aromatic carbocycles. The van der Waals surface area contributed by atoms with E-state index in [-0.39, 0.29) is 39.1 Å². The van der Waals surface area contributed by atoms with Crippen molar-refractivity contribution in [3.8, 4) is 0 Å². The molecule has 4 saturated carbocycles.